The van der Waals surface area contributed by atoms with Crippen molar-refractivity contribution in [2.45, 2.75) is 17.7 Å². The lowest BCUT2D eigenvalue weighted by molar-refractivity contribution is -0.312. The van der Waals surface area contributed by atoms with Gasteiger partial charge in [-0.25, -0.2) is 8.42 Å². The molecule has 0 saturated carbocycles. The molecule has 1 aromatic rings. The number of methoxy groups -OCH3 is 1. The molecule has 1 atom stereocenters. The maximum atomic E-state index is 12.4. The van der Waals surface area contributed by atoms with E-state index in [1.54, 1.807) is 12.1 Å². The van der Waals surface area contributed by atoms with E-state index in [-0.39, 0.29) is 11.4 Å². The molecule has 0 unspecified atom stereocenters. The van der Waals surface area contributed by atoms with Gasteiger partial charge in [-0.3, -0.25) is 0 Å². The molecule has 1 fully saturated rings. The molecule has 0 aliphatic carbocycles. The van der Waals surface area contributed by atoms with Crippen LogP contribution in [0.5, 0.6) is 5.75 Å². The second-order valence-corrected chi connectivity index (χ2v) is 6.63. The van der Waals surface area contributed by atoms with Crippen LogP contribution in [0.1, 0.15) is 12.8 Å². The third-order valence-corrected chi connectivity index (χ3v) is 5.29. The molecular formula is C13H16NO5S-. The summed E-state index contributed by atoms with van der Waals surface area (Å²) < 4.78 is 31.0. The summed E-state index contributed by atoms with van der Waals surface area (Å²) >= 11 is 0. The van der Waals surface area contributed by atoms with Gasteiger partial charge >= 0.3 is 0 Å². The molecular weight excluding hydrogens is 282 g/mol. The first-order valence-electron chi connectivity index (χ1n) is 6.30. The number of aliphatic carboxylic acids is 1. The third-order valence-electron chi connectivity index (χ3n) is 3.41. The summed E-state index contributed by atoms with van der Waals surface area (Å²) in [7, 11) is -2.17. The molecule has 0 radical (unpaired) electrons. The first-order chi connectivity index (χ1) is 9.45. The second kappa shape index (κ2) is 5.80. The van der Waals surface area contributed by atoms with Gasteiger partial charge in [-0.2, -0.15) is 4.31 Å². The Hall–Kier alpha value is -1.60. The van der Waals surface area contributed by atoms with E-state index in [4.69, 9.17) is 4.74 Å². The number of carbonyl (C=O) groups is 1. The Morgan fingerprint density at radius 3 is 2.55 bits per heavy atom. The Bertz CT molecular complexity index is 581. The molecule has 0 bridgehead atoms. The van der Waals surface area contributed by atoms with Gasteiger partial charge in [0, 0.05) is 25.0 Å². The van der Waals surface area contributed by atoms with Gasteiger partial charge in [-0.05, 0) is 37.1 Å². The number of sulfonamides is 1. The summed E-state index contributed by atoms with van der Waals surface area (Å²) in [5.41, 5.74) is 0. The van der Waals surface area contributed by atoms with Crippen molar-refractivity contribution in [3.63, 3.8) is 0 Å². The fourth-order valence-corrected chi connectivity index (χ4v) is 3.77. The summed E-state index contributed by atoms with van der Waals surface area (Å²) in [5.74, 6) is -1.37. The highest BCUT2D eigenvalue weighted by Gasteiger charge is 2.30. The number of hydrogen-bond acceptors (Lipinski definition) is 5. The highest BCUT2D eigenvalue weighted by molar-refractivity contribution is 7.89. The minimum Gasteiger partial charge on any atom is -0.550 e. The Balaban J connectivity index is 2.22. The van der Waals surface area contributed by atoms with Crippen molar-refractivity contribution in [1.82, 2.24) is 4.31 Å². The van der Waals surface area contributed by atoms with Crippen molar-refractivity contribution in [3.8, 4) is 5.75 Å². The van der Waals surface area contributed by atoms with Crippen LogP contribution in [0, 0.1) is 5.92 Å². The fourth-order valence-electron chi connectivity index (χ4n) is 2.25. The Morgan fingerprint density at radius 2 is 2.00 bits per heavy atom. The van der Waals surface area contributed by atoms with Gasteiger partial charge < -0.3 is 14.6 Å². The van der Waals surface area contributed by atoms with Crippen molar-refractivity contribution in [2.75, 3.05) is 20.2 Å². The van der Waals surface area contributed by atoms with E-state index in [0.29, 0.717) is 25.1 Å². The first-order valence-corrected chi connectivity index (χ1v) is 7.74. The summed E-state index contributed by atoms with van der Waals surface area (Å²) in [6.45, 7) is 0.300. The maximum absolute atomic E-state index is 12.4. The molecule has 2 rings (SSSR count). The standard InChI is InChI=1S/C13H17NO5S/c1-19-11-4-6-12(7-5-11)20(17,18)14-8-2-3-10(9-14)13(15)16/h4-7,10H,2-3,8-9H2,1H3,(H,15,16)/p-1/t10-/m0/s1. The van der Waals surface area contributed by atoms with E-state index >= 15 is 0 Å². The van der Waals surface area contributed by atoms with Crippen LogP contribution in [0.3, 0.4) is 0 Å². The van der Waals surface area contributed by atoms with Crippen molar-refractivity contribution in [3.05, 3.63) is 24.3 Å². The number of benzene rings is 1. The van der Waals surface area contributed by atoms with E-state index in [0.717, 1.165) is 0 Å². The minimum absolute atomic E-state index is 0.0311. The normalized spacial score (nSPS) is 20.6. The van der Waals surface area contributed by atoms with Crippen molar-refractivity contribution >= 4 is 16.0 Å². The Kier molecular flexibility index (Phi) is 4.29. The number of nitrogens with zero attached hydrogens (tertiary/aromatic N) is 1. The van der Waals surface area contributed by atoms with Crippen LogP contribution in [0.25, 0.3) is 0 Å². The van der Waals surface area contributed by atoms with Crippen LogP contribution < -0.4 is 9.84 Å². The Morgan fingerprint density at radius 1 is 1.35 bits per heavy atom. The van der Waals surface area contributed by atoms with Crippen LogP contribution in [0.15, 0.2) is 29.2 Å². The summed E-state index contributed by atoms with van der Waals surface area (Å²) in [6, 6.07) is 6.04. The number of carboxylic acids is 1. The van der Waals surface area contributed by atoms with Crippen LogP contribution in [-0.2, 0) is 14.8 Å². The van der Waals surface area contributed by atoms with Crippen molar-refractivity contribution < 1.29 is 23.1 Å². The van der Waals surface area contributed by atoms with E-state index in [9.17, 15) is 18.3 Å². The predicted octanol–water partition coefficient (Wildman–Crippen LogP) is -0.154. The lowest BCUT2D eigenvalue weighted by atomic mass is 10.0. The molecule has 1 heterocycles. The zero-order valence-electron chi connectivity index (χ0n) is 11.1. The quantitative estimate of drug-likeness (QED) is 0.771. The highest BCUT2D eigenvalue weighted by Crippen LogP contribution is 2.24. The number of hydrogen-bond donors (Lipinski definition) is 0. The van der Waals surface area contributed by atoms with Gasteiger partial charge in [0.2, 0.25) is 10.0 Å². The molecule has 0 aromatic heterocycles. The molecule has 7 heteroatoms. The molecule has 1 saturated heterocycles. The number of rotatable bonds is 4. The minimum atomic E-state index is -3.67. The molecule has 6 nitrogen and oxygen atoms in total. The van der Waals surface area contributed by atoms with Gasteiger partial charge in [0.05, 0.1) is 12.0 Å². The van der Waals surface area contributed by atoms with Crippen LogP contribution in [-0.4, -0.2) is 38.9 Å². The summed E-state index contributed by atoms with van der Waals surface area (Å²) in [4.78, 5) is 11.0. The molecule has 0 amide bonds. The smallest absolute Gasteiger partial charge is 0.243 e. The first kappa shape index (κ1) is 14.8. The van der Waals surface area contributed by atoms with Crippen LogP contribution >= 0.6 is 0 Å². The number of piperidine rings is 1. The lowest BCUT2D eigenvalue weighted by Gasteiger charge is -2.32. The van der Waals surface area contributed by atoms with E-state index < -0.39 is 21.9 Å². The van der Waals surface area contributed by atoms with Gasteiger partial charge in [-0.15, -0.1) is 0 Å². The van der Waals surface area contributed by atoms with E-state index in [1.807, 2.05) is 0 Å². The maximum Gasteiger partial charge on any atom is 0.243 e. The lowest BCUT2D eigenvalue weighted by Crippen LogP contribution is -2.46. The summed E-state index contributed by atoms with van der Waals surface area (Å²) in [5, 5.41) is 10.9. The molecule has 20 heavy (non-hydrogen) atoms. The van der Waals surface area contributed by atoms with Gasteiger partial charge in [0.1, 0.15) is 5.75 Å². The molecule has 1 aliphatic rings. The number of ether oxygens (including phenoxy) is 1. The zero-order chi connectivity index (χ0) is 14.8. The van der Waals surface area contributed by atoms with Crippen LogP contribution in [0.2, 0.25) is 0 Å². The number of carbonyl (C=O) groups excluding carboxylic acids is 1. The third kappa shape index (κ3) is 2.94. The van der Waals surface area contributed by atoms with Gasteiger partial charge in [0.25, 0.3) is 0 Å². The van der Waals surface area contributed by atoms with E-state index in [1.165, 1.54) is 23.5 Å². The highest BCUT2D eigenvalue weighted by atomic mass is 32.2. The van der Waals surface area contributed by atoms with Crippen LogP contribution in [0.4, 0.5) is 0 Å². The van der Waals surface area contributed by atoms with Gasteiger partial charge in [-0.1, -0.05) is 0 Å². The molecule has 110 valence electrons. The molecule has 0 spiro atoms. The van der Waals surface area contributed by atoms with Gasteiger partial charge in [0.15, 0.2) is 0 Å². The Labute approximate surface area is 118 Å². The zero-order valence-corrected chi connectivity index (χ0v) is 11.9. The monoisotopic (exact) mass is 298 g/mol. The van der Waals surface area contributed by atoms with Crippen molar-refractivity contribution in [2.24, 2.45) is 5.92 Å². The number of carboxylic acid groups (broad SMARTS) is 1. The predicted molar refractivity (Wildman–Crippen MR) is 69.5 cm³/mol. The average Bonchev–Trinajstić information content (AvgIpc) is 2.47. The average molecular weight is 298 g/mol. The largest absolute Gasteiger partial charge is 0.550 e. The molecule has 1 aromatic carbocycles. The molecule has 0 N–H and O–H groups in total. The SMILES string of the molecule is COc1ccc(S(=O)(=O)N2CCC[C@H](C(=O)[O-])C2)cc1. The van der Waals surface area contributed by atoms with E-state index in [2.05, 4.69) is 0 Å². The summed E-state index contributed by atoms with van der Waals surface area (Å²) in [6.07, 6.45) is 0.977. The fraction of sp³-hybridized carbons (Fsp3) is 0.462. The molecule has 1 aliphatic heterocycles. The van der Waals surface area contributed by atoms with Crippen molar-refractivity contribution in [1.29, 1.82) is 0 Å². The topological polar surface area (TPSA) is 86.7 Å². The second-order valence-electron chi connectivity index (χ2n) is 4.70.